The predicted molar refractivity (Wildman–Crippen MR) is 77.7 cm³/mol. The molecule has 2 nitrogen and oxygen atoms in total. The molecule has 1 N–H and O–H groups in total. The van der Waals surface area contributed by atoms with Crippen LogP contribution < -0.4 is 5.32 Å². The molecule has 0 bridgehead atoms. The first-order valence-corrected chi connectivity index (χ1v) is 7.30. The van der Waals surface area contributed by atoms with Gasteiger partial charge in [0.05, 0.1) is 6.54 Å². The maximum absolute atomic E-state index is 12.9. The summed E-state index contributed by atoms with van der Waals surface area (Å²) in [6.07, 6.45) is 3.89. The third-order valence-corrected chi connectivity index (χ3v) is 4.19. The van der Waals surface area contributed by atoms with Gasteiger partial charge in [0.25, 0.3) is 0 Å². The summed E-state index contributed by atoms with van der Waals surface area (Å²) in [7, 11) is 0. The first kappa shape index (κ1) is 13.4. The highest BCUT2D eigenvalue weighted by Crippen LogP contribution is 2.26. The third-order valence-electron chi connectivity index (χ3n) is 4.19. The van der Waals surface area contributed by atoms with Gasteiger partial charge < -0.3 is 9.73 Å². The fraction of sp³-hybridized carbons (Fsp3) is 0.412. The average Bonchev–Trinajstić information content (AvgIpc) is 3.06. The molecule has 1 aliphatic rings. The van der Waals surface area contributed by atoms with Crippen molar-refractivity contribution in [1.29, 1.82) is 0 Å². The van der Waals surface area contributed by atoms with Crippen molar-refractivity contribution in [1.82, 2.24) is 5.32 Å². The van der Waals surface area contributed by atoms with Crippen LogP contribution >= 0.6 is 0 Å². The molecule has 1 aromatic carbocycles. The maximum Gasteiger partial charge on any atom is 0.134 e. The predicted octanol–water partition coefficient (Wildman–Crippen LogP) is 4.36. The number of hydrogen-bond acceptors (Lipinski definition) is 2. The molecule has 20 heavy (non-hydrogen) atoms. The molecular formula is C17H20FNO. The Morgan fingerprint density at radius 1 is 1.15 bits per heavy atom. The Kier molecular flexibility index (Phi) is 3.88. The van der Waals surface area contributed by atoms with E-state index >= 15 is 0 Å². The zero-order valence-corrected chi connectivity index (χ0v) is 11.7. The highest BCUT2D eigenvalue weighted by Gasteiger charge is 2.22. The molecule has 2 aromatic rings. The minimum absolute atomic E-state index is 0.225. The Labute approximate surface area is 119 Å². The number of nitrogens with one attached hydrogen (secondary N) is 1. The molecule has 106 valence electrons. The summed E-state index contributed by atoms with van der Waals surface area (Å²) in [5.74, 6) is 2.25. The highest BCUT2D eigenvalue weighted by atomic mass is 19.1. The second-order valence-electron chi connectivity index (χ2n) is 5.67. The Morgan fingerprint density at radius 2 is 1.95 bits per heavy atom. The molecule has 0 amide bonds. The summed E-state index contributed by atoms with van der Waals surface area (Å²) in [4.78, 5) is 0. The van der Waals surface area contributed by atoms with E-state index in [1.165, 1.54) is 31.4 Å². The molecule has 0 saturated heterocycles. The van der Waals surface area contributed by atoms with Gasteiger partial charge in [-0.2, -0.15) is 0 Å². The molecule has 1 saturated carbocycles. The van der Waals surface area contributed by atoms with Crippen LogP contribution in [0.15, 0.2) is 40.8 Å². The molecule has 0 aliphatic heterocycles. The molecule has 3 rings (SSSR count). The average molecular weight is 273 g/mol. The van der Waals surface area contributed by atoms with Crippen molar-refractivity contribution < 1.29 is 8.81 Å². The number of benzene rings is 1. The molecule has 1 aromatic heterocycles. The smallest absolute Gasteiger partial charge is 0.134 e. The van der Waals surface area contributed by atoms with Gasteiger partial charge in [0, 0.05) is 11.6 Å². The standard InChI is InChI=1S/C17H20FNO/c1-12-3-2-4-16(12)19-11-15-9-10-17(20-15)13-5-7-14(18)8-6-13/h5-10,12,16,19H,2-4,11H2,1H3. The molecule has 0 radical (unpaired) electrons. The van der Waals surface area contributed by atoms with Gasteiger partial charge in [0.1, 0.15) is 17.3 Å². The van der Waals surface area contributed by atoms with Gasteiger partial charge in [0.2, 0.25) is 0 Å². The van der Waals surface area contributed by atoms with Crippen LogP contribution in [0, 0.1) is 11.7 Å². The quantitative estimate of drug-likeness (QED) is 0.895. The van der Waals surface area contributed by atoms with Crippen LogP contribution in [-0.4, -0.2) is 6.04 Å². The van der Waals surface area contributed by atoms with Crippen LogP contribution in [0.2, 0.25) is 0 Å². The lowest BCUT2D eigenvalue weighted by Crippen LogP contribution is -2.30. The first-order valence-electron chi connectivity index (χ1n) is 7.30. The summed E-state index contributed by atoms with van der Waals surface area (Å²) in [5, 5.41) is 3.57. The molecule has 0 spiro atoms. The van der Waals surface area contributed by atoms with Crippen LogP contribution in [0.5, 0.6) is 0 Å². The second kappa shape index (κ2) is 5.80. The molecule has 2 unspecified atom stereocenters. The van der Waals surface area contributed by atoms with Gasteiger partial charge in [-0.1, -0.05) is 13.3 Å². The van der Waals surface area contributed by atoms with Crippen molar-refractivity contribution in [3.63, 3.8) is 0 Å². The lowest BCUT2D eigenvalue weighted by atomic mass is 10.1. The Balaban J connectivity index is 1.63. The number of halogens is 1. The van der Waals surface area contributed by atoms with E-state index in [0.29, 0.717) is 6.04 Å². The summed E-state index contributed by atoms with van der Waals surface area (Å²) >= 11 is 0. The lowest BCUT2D eigenvalue weighted by Gasteiger charge is -2.16. The first-order chi connectivity index (χ1) is 9.72. The van der Waals surface area contributed by atoms with E-state index in [0.717, 1.165) is 29.5 Å². The van der Waals surface area contributed by atoms with Crippen LogP contribution in [0.1, 0.15) is 31.9 Å². The van der Waals surface area contributed by atoms with Gasteiger partial charge >= 0.3 is 0 Å². The Hall–Kier alpha value is -1.61. The van der Waals surface area contributed by atoms with Gasteiger partial charge in [-0.3, -0.25) is 0 Å². The highest BCUT2D eigenvalue weighted by molar-refractivity contribution is 5.57. The van der Waals surface area contributed by atoms with Crippen molar-refractivity contribution in [2.45, 2.75) is 38.8 Å². The molecule has 2 atom stereocenters. The van der Waals surface area contributed by atoms with E-state index in [4.69, 9.17) is 4.42 Å². The van der Waals surface area contributed by atoms with Crippen LogP contribution in [0.25, 0.3) is 11.3 Å². The minimum Gasteiger partial charge on any atom is -0.460 e. The van der Waals surface area contributed by atoms with Crippen LogP contribution in [0.3, 0.4) is 0 Å². The number of furan rings is 1. The molecule has 1 heterocycles. The largest absolute Gasteiger partial charge is 0.460 e. The number of hydrogen-bond donors (Lipinski definition) is 1. The number of rotatable bonds is 4. The van der Waals surface area contributed by atoms with E-state index in [-0.39, 0.29) is 5.82 Å². The van der Waals surface area contributed by atoms with Gasteiger partial charge in [-0.15, -0.1) is 0 Å². The molecular weight excluding hydrogens is 253 g/mol. The van der Waals surface area contributed by atoms with Gasteiger partial charge in [0.15, 0.2) is 0 Å². The van der Waals surface area contributed by atoms with E-state index in [2.05, 4.69) is 12.2 Å². The van der Waals surface area contributed by atoms with E-state index < -0.39 is 0 Å². The van der Waals surface area contributed by atoms with Gasteiger partial charge in [-0.05, 0) is 55.2 Å². The normalized spacial score (nSPS) is 22.3. The summed E-state index contributed by atoms with van der Waals surface area (Å²) < 4.78 is 18.7. The summed E-state index contributed by atoms with van der Waals surface area (Å²) in [6.45, 7) is 3.06. The van der Waals surface area contributed by atoms with Crippen molar-refractivity contribution in [2.75, 3.05) is 0 Å². The van der Waals surface area contributed by atoms with E-state index in [1.807, 2.05) is 12.1 Å². The van der Waals surface area contributed by atoms with Crippen molar-refractivity contribution >= 4 is 0 Å². The summed E-state index contributed by atoms with van der Waals surface area (Å²) in [5.41, 5.74) is 0.909. The monoisotopic (exact) mass is 273 g/mol. The van der Waals surface area contributed by atoms with Crippen molar-refractivity contribution in [3.05, 3.63) is 48.0 Å². The van der Waals surface area contributed by atoms with E-state index in [9.17, 15) is 4.39 Å². The zero-order valence-electron chi connectivity index (χ0n) is 11.7. The SMILES string of the molecule is CC1CCCC1NCc1ccc(-c2ccc(F)cc2)o1. The maximum atomic E-state index is 12.9. The van der Waals surface area contributed by atoms with Crippen molar-refractivity contribution in [2.24, 2.45) is 5.92 Å². The molecule has 1 fully saturated rings. The third kappa shape index (κ3) is 2.93. The van der Waals surface area contributed by atoms with Gasteiger partial charge in [-0.25, -0.2) is 4.39 Å². The topological polar surface area (TPSA) is 25.2 Å². The minimum atomic E-state index is -0.225. The zero-order chi connectivity index (χ0) is 13.9. The molecule has 1 aliphatic carbocycles. The fourth-order valence-corrected chi connectivity index (χ4v) is 2.92. The molecule has 3 heteroatoms. The Bertz CT molecular complexity index is 561. The van der Waals surface area contributed by atoms with Crippen LogP contribution in [0.4, 0.5) is 4.39 Å². The Morgan fingerprint density at radius 3 is 2.65 bits per heavy atom. The van der Waals surface area contributed by atoms with Crippen LogP contribution in [-0.2, 0) is 6.54 Å². The fourth-order valence-electron chi connectivity index (χ4n) is 2.92. The second-order valence-corrected chi connectivity index (χ2v) is 5.67. The summed E-state index contributed by atoms with van der Waals surface area (Å²) in [6, 6.07) is 10.9. The van der Waals surface area contributed by atoms with E-state index in [1.54, 1.807) is 12.1 Å². The lowest BCUT2D eigenvalue weighted by molar-refractivity contribution is 0.398. The van der Waals surface area contributed by atoms with Crippen molar-refractivity contribution in [3.8, 4) is 11.3 Å².